The third kappa shape index (κ3) is 3.75. The van der Waals surface area contributed by atoms with Crippen LogP contribution in [0.25, 0.3) is 0 Å². The van der Waals surface area contributed by atoms with Gasteiger partial charge in [-0.3, -0.25) is 0 Å². The number of hydrogen-bond donors (Lipinski definition) is 2. The van der Waals surface area contributed by atoms with Crippen molar-refractivity contribution in [2.45, 2.75) is 25.2 Å². The van der Waals surface area contributed by atoms with Gasteiger partial charge in [-0.25, -0.2) is 9.37 Å². The van der Waals surface area contributed by atoms with E-state index in [1.807, 2.05) is 30.3 Å². The number of ether oxygens (including phenoxy) is 2. The third-order valence-corrected chi connectivity index (χ3v) is 3.85. The molecule has 1 unspecified atom stereocenters. The zero-order valence-electron chi connectivity index (χ0n) is 12.4. The van der Waals surface area contributed by atoms with E-state index in [4.69, 9.17) is 15.2 Å². The quantitative estimate of drug-likeness (QED) is 0.839. The molecule has 3 atom stereocenters. The summed E-state index contributed by atoms with van der Waals surface area (Å²) in [5, 5.41) is 10.1. The van der Waals surface area contributed by atoms with E-state index in [1.165, 1.54) is 0 Å². The minimum absolute atomic E-state index is 0.00140. The number of halogens is 1. The van der Waals surface area contributed by atoms with Crippen molar-refractivity contribution in [1.29, 1.82) is 0 Å². The van der Waals surface area contributed by atoms with E-state index in [-0.39, 0.29) is 17.7 Å². The summed E-state index contributed by atoms with van der Waals surface area (Å²) in [5.41, 5.74) is 6.44. The molecule has 6 nitrogen and oxygen atoms in total. The minimum Gasteiger partial charge on any atom is -0.457 e. The molecule has 0 aliphatic heterocycles. The van der Waals surface area contributed by atoms with Crippen LogP contribution in [-0.4, -0.2) is 33.9 Å². The largest absolute Gasteiger partial charge is 0.457 e. The molecule has 0 saturated heterocycles. The Bertz CT molecular complexity index is 656. The Hall–Kier alpha value is -2.25. The molecule has 1 aromatic heterocycles. The van der Waals surface area contributed by atoms with Crippen LogP contribution in [0.1, 0.15) is 12.0 Å². The molecule has 1 saturated carbocycles. The van der Waals surface area contributed by atoms with Crippen LogP contribution in [0.5, 0.6) is 6.01 Å². The molecule has 7 heteroatoms. The van der Waals surface area contributed by atoms with Crippen molar-refractivity contribution >= 4 is 5.82 Å². The zero-order chi connectivity index (χ0) is 16.2. The Balaban J connectivity index is 1.43. The summed E-state index contributed by atoms with van der Waals surface area (Å²) < 4.78 is 24.0. The fourth-order valence-electron chi connectivity index (χ4n) is 2.43. The van der Waals surface area contributed by atoms with E-state index in [9.17, 15) is 9.50 Å². The highest BCUT2D eigenvalue weighted by atomic mass is 19.1. The number of nitrogens with zero attached hydrogens (tertiary/aromatic N) is 2. The van der Waals surface area contributed by atoms with Crippen molar-refractivity contribution in [2.24, 2.45) is 5.92 Å². The molecular formula is C16H18FN3O3. The molecule has 0 amide bonds. The van der Waals surface area contributed by atoms with Crippen molar-refractivity contribution in [3.63, 3.8) is 0 Å². The van der Waals surface area contributed by atoms with Gasteiger partial charge in [-0.05, 0) is 12.0 Å². The van der Waals surface area contributed by atoms with Crippen molar-refractivity contribution in [3.8, 4) is 6.01 Å². The van der Waals surface area contributed by atoms with Gasteiger partial charge < -0.3 is 20.3 Å². The number of nitrogens with two attached hydrogens (primary N) is 1. The van der Waals surface area contributed by atoms with Gasteiger partial charge in [0.05, 0.1) is 25.5 Å². The van der Waals surface area contributed by atoms with Crippen LogP contribution in [0.15, 0.2) is 36.5 Å². The van der Waals surface area contributed by atoms with Crippen LogP contribution in [0, 0.1) is 11.7 Å². The Morgan fingerprint density at radius 3 is 2.78 bits per heavy atom. The van der Waals surface area contributed by atoms with Crippen LogP contribution >= 0.6 is 0 Å². The summed E-state index contributed by atoms with van der Waals surface area (Å²) >= 11 is 0. The number of aliphatic hydroxyl groups excluding tert-OH is 1. The van der Waals surface area contributed by atoms with E-state index >= 15 is 0 Å². The molecule has 0 spiro atoms. The van der Waals surface area contributed by atoms with Gasteiger partial charge in [0.15, 0.2) is 11.6 Å². The first-order chi connectivity index (χ1) is 11.1. The monoisotopic (exact) mass is 319 g/mol. The molecule has 1 aromatic carbocycles. The molecule has 1 fully saturated rings. The Kier molecular flexibility index (Phi) is 4.68. The van der Waals surface area contributed by atoms with Crippen molar-refractivity contribution in [1.82, 2.24) is 9.97 Å². The zero-order valence-corrected chi connectivity index (χ0v) is 12.4. The van der Waals surface area contributed by atoms with Gasteiger partial charge in [0, 0.05) is 5.92 Å². The molecule has 0 bridgehead atoms. The second-order valence-electron chi connectivity index (χ2n) is 5.53. The lowest BCUT2D eigenvalue weighted by atomic mass is 9.79. The normalized spacial score (nSPS) is 23.3. The molecule has 1 aliphatic carbocycles. The summed E-state index contributed by atoms with van der Waals surface area (Å²) in [5.74, 6) is -0.966. The maximum atomic E-state index is 13.0. The van der Waals surface area contributed by atoms with Gasteiger partial charge >= 0.3 is 6.01 Å². The van der Waals surface area contributed by atoms with Crippen LogP contribution in [0.3, 0.4) is 0 Å². The molecule has 1 heterocycles. The van der Waals surface area contributed by atoms with E-state index in [0.29, 0.717) is 19.6 Å². The summed E-state index contributed by atoms with van der Waals surface area (Å²) in [6.45, 7) is 0.954. The summed E-state index contributed by atoms with van der Waals surface area (Å²) in [7, 11) is 0. The predicted molar refractivity (Wildman–Crippen MR) is 81.0 cm³/mol. The number of anilines is 1. The van der Waals surface area contributed by atoms with Gasteiger partial charge in [-0.2, -0.15) is 4.98 Å². The molecule has 0 radical (unpaired) electrons. The second-order valence-corrected chi connectivity index (χ2v) is 5.53. The fraction of sp³-hybridized carbons (Fsp3) is 0.375. The van der Waals surface area contributed by atoms with Gasteiger partial charge in [0.2, 0.25) is 0 Å². The SMILES string of the molecule is Nc1nc(O[C@@H]2C[C@H](COCc3ccccc3)C2O)ncc1F. The number of nitrogen functional groups attached to an aromatic ring is 1. The van der Waals surface area contributed by atoms with Crippen LogP contribution in [0.4, 0.5) is 10.2 Å². The van der Waals surface area contributed by atoms with Crippen LogP contribution < -0.4 is 10.5 Å². The van der Waals surface area contributed by atoms with Crippen LogP contribution in [-0.2, 0) is 11.3 Å². The van der Waals surface area contributed by atoms with E-state index in [0.717, 1.165) is 11.8 Å². The maximum Gasteiger partial charge on any atom is 0.318 e. The molecule has 1 aliphatic rings. The molecule has 23 heavy (non-hydrogen) atoms. The summed E-state index contributed by atoms with van der Waals surface area (Å²) in [6.07, 6.45) is 0.477. The highest BCUT2D eigenvalue weighted by Gasteiger charge is 2.42. The highest BCUT2D eigenvalue weighted by molar-refractivity contribution is 5.29. The highest BCUT2D eigenvalue weighted by Crippen LogP contribution is 2.31. The van der Waals surface area contributed by atoms with E-state index < -0.39 is 18.0 Å². The Morgan fingerprint density at radius 1 is 1.30 bits per heavy atom. The lowest BCUT2D eigenvalue weighted by molar-refractivity contribution is -0.117. The molecule has 2 aromatic rings. The molecule has 3 rings (SSSR count). The molecule has 3 N–H and O–H groups in total. The lowest BCUT2D eigenvalue weighted by Gasteiger charge is -2.40. The summed E-state index contributed by atoms with van der Waals surface area (Å²) in [4.78, 5) is 7.37. The summed E-state index contributed by atoms with van der Waals surface area (Å²) in [6, 6.07) is 9.80. The fourth-order valence-corrected chi connectivity index (χ4v) is 2.43. The lowest BCUT2D eigenvalue weighted by Crippen LogP contribution is -2.51. The number of aromatic nitrogens is 2. The predicted octanol–water partition coefficient (Wildman–Crippen LogP) is 1.54. The number of benzene rings is 1. The minimum atomic E-state index is -0.696. The average molecular weight is 319 g/mol. The first-order valence-electron chi connectivity index (χ1n) is 7.38. The van der Waals surface area contributed by atoms with E-state index in [1.54, 1.807) is 0 Å². The second kappa shape index (κ2) is 6.89. The third-order valence-electron chi connectivity index (χ3n) is 3.85. The Labute approximate surface area is 133 Å². The van der Waals surface area contributed by atoms with Gasteiger partial charge in [-0.1, -0.05) is 30.3 Å². The Morgan fingerprint density at radius 2 is 2.09 bits per heavy atom. The smallest absolute Gasteiger partial charge is 0.318 e. The standard InChI is InChI=1S/C16H18FN3O3/c17-12-7-19-16(20-15(12)18)23-13-6-11(14(13)21)9-22-8-10-4-2-1-3-5-10/h1-5,7,11,13-14,21H,6,8-9H2,(H2,18,19,20)/t11-,13-,14?/m1/s1. The topological polar surface area (TPSA) is 90.5 Å². The maximum absolute atomic E-state index is 13.0. The number of rotatable bonds is 6. The van der Waals surface area contributed by atoms with Crippen molar-refractivity contribution in [2.75, 3.05) is 12.3 Å². The number of aliphatic hydroxyl groups is 1. The first kappa shape index (κ1) is 15.6. The average Bonchev–Trinajstić information content (AvgIpc) is 2.57. The van der Waals surface area contributed by atoms with Crippen molar-refractivity contribution < 1.29 is 19.0 Å². The number of hydrogen-bond acceptors (Lipinski definition) is 6. The van der Waals surface area contributed by atoms with Crippen molar-refractivity contribution in [3.05, 3.63) is 47.9 Å². The van der Waals surface area contributed by atoms with Gasteiger partial charge in [-0.15, -0.1) is 0 Å². The van der Waals surface area contributed by atoms with Gasteiger partial charge in [0.25, 0.3) is 0 Å². The van der Waals surface area contributed by atoms with E-state index in [2.05, 4.69) is 9.97 Å². The first-order valence-corrected chi connectivity index (χ1v) is 7.38. The molecule has 122 valence electrons. The van der Waals surface area contributed by atoms with Gasteiger partial charge in [0.1, 0.15) is 6.10 Å². The molecular weight excluding hydrogens is 301 g/mol. The van der Waals surface area contributed by atoms with Crippen LogP contribution in [0.2, 0.25) is 0 Å².